The van der Waals surface area contributed by atoms with Gasteiger partial charge in [0.25, 0.3) is 5.56 Å². The first-order valence-corrected chi connectivity index (χ1v) is 8.73. The summed E-state index contributed by atoms with van der Waals surface area (Å²) in [4.78, 5) is 51.7. The van der Waals surface area contributed by atoms with E-state index in [1.807, 2.05) is 24.3 Å². The molecule has 2 aromatic rings. The van der Waals surface area contributed by atoms with Crippen molar-refractivity contribution in [3.8, 4) is 0 Å². The summed E-state index contributed by atoms with van der Waals surface area (Å²) in [6, 6.07) is 8.72. The fraction of sp³-hybridized carbons (Fsp3) is 0.333. The molecule has 4 rings (SSSR count). The molecule has 0 atom stereocenters. The number of nitrogens with one attached hydrogen (secondary N) is 3. The summed E-state index contributed by atoms with van der Waals surface area (Å²) in [5.74, 6) is -0.319. The molecule has 1 saturated heterocycles. The number of hydrogen-bond donors (Lipinski definition) is 3. The van der Waals surface area contributed by atoms with Crippen LogP contribution in [0.4, 0.5) is 11.4 Å². The van der Waals surface area contributed by atoms with E-state index < -0.39 is 16.8 Å². The summed E-state index contributed by atoms with van der Waals surface area (Å²) in [6.07, 6.45) is 2.25. The maximum atomic E-state index is 12.6. The number of rotatable bonds is 2. The number of fused-ring (bicyclic) bond motifs is 1. The van der Waals surface area contributed by atoms with E-state index in [0.29, 0.717) is 25.9 Å². The highest BCUT2D eigenvalue weighted by Crippen LogP contribution is 2.36. The number of benzene rings is 1. The average molecular weight is 369 g/mol. The van der Waals surface area contributed by atoms with Gasteiger partial charge in [-0.3, -0.25) is 23.9 Å². The van der Waals surface area contributed by atoms with Crippen molar-refractivity contribution in [2.24, 2.45) is 0 Å². The summed E-state index contributed by atoms with van der Waals surface area (Å²) in [5, 5.41) is 6.27. The predicted octanol–water partition coefficient (Wildman–Crippen LogP) is -0.0380. The summed E-state index contributed by atoms with van der Waals surface area (Å²) < 4.78 is 1.16. The zero-order valence-electron chi connectivity index (χ0n) is 14.5. The van der Waals surface area contributed by atoms with Gasteiger partial charge >= 0.3 is 5.69 Å². The summed E-state index contributed by atoms with van der Waals surface area (Å²) in [6.45, 7) is 0.657. The largest absolute Gasteiger partial charge is 0.369 e. The van der Waals surface area contributed by atoms with Crippen LogP contribution in [0.3, 0.4) is 0 Å². The van der Waals surface area contributed by atoms with Gasteiger partial charge in [-0.15, -0.1) is 0 Å². The summed E-state index contributed by atoms with van der Waals surface area (Å²) >= 11 is 0. The Morgan fingerprint density at radius 1 is 1.04 bits per heavy atom. The Morgan fingerprint density at radius 3 is 2.44 bits per heavy atom. The highest BCUT2D eigenvalue weighted by atomic mass is 16.2. The fourth-order valence-corrected chi connectivity index (χ4v) is 3.56. The third-order valence-electron chi connectivity index (χ3n) is 5.16. The second-order valence-corrected chi connectivity index (χ2v) is 6.83. The quantitative estimate of drug-likeness (QED) is 0.687. The van der Waals surface area contributed by atoms with E-state index in [0.717, 1.165) is 15.9 Å². The number of aromatic nitrogens is 2. The molecular formula is C18H19N5O4. The van der Waals surface area contributed by atoms with Gasteiger partial charge in [-0.2, -0.15) is 0 Å². The topological polar surface area (TPSA) is 116 Å². The van der Waals surface area contributed by atoms with E-state index in [1.165, 1.54) is 12.3 Å². The normalized spacial score (nSPS) is 17.8. The molecule has 0 bridgehead atoms. The second kappa shape index (κ2) is 6.42. The molecule has 1 fully saturated rings. The molecule has 0 radical (unpaired) electrons. The number of hydrogen-bond acceptors (Lipinski definition) is 5. The maximum absolute atomic E-state index is 12.6. The number of aromatic amines is 1. The minimum atomic E-state index is -0.736. The van der Waals surface area contributed by atoms with E-state index in [2.05, 4.69) is 15.6 Å². The number of nitrogens with zero attached hydrogens (tertiary/aromatic N) is 2. The van der Waals surface area contributed by atoms with Crippen LogP contribution in [0.25, 0.3) is 0 Å². The van der Waals surface area contributed by atoms with Gasteiger partial charge in [0.05, 0.1) is 11.4 Å². The second-order valence-electron chi connectivity index (χ2n) is 6.83. The Bertz CT molecular complexity index is 1020. The smallest absolute Gasteiger partial charge is 0.328 e. The molecule has 27 heavy (non-hydrogen) atoms. The third kappa shape index (κ3) is 3.12. The van der Waals surface area contributed by atoms with Crippen molar-refractivity contribution in [2.45, 2.75) is 24.9 Å². The number of anilines is 2. The molecule has 1 spiro atoms. The Balaban J connectivity index is 1.44. The van der Waals surface area contributed by atoms with Gasteiger partial charge in [0.2, 0.25) is 11.8 Å². The van der Waals surface area contributed by atoms with Crippen molar-refractivity contribution in [1.82, 2.24) is 14.5 Å². The predicted molar refractivity (Wildman–Crippen MR) is 98.6 cm³/mol. The average Bonchev–Trinajstić information content (AvgIpc) is 2.65. The fourth-order valence-electron chi connectivity index (χ4n) is 3.56. The maximum Gasteiger partial charge on any atom is 0.328 e. The molecule has 3 heterocycles. The van der Waals surface area contributed by atoms with E-state index >= 15 is 0 Å². The molecule has 9 heteroatoms. The lowest BCUT2D eigenvalue weighted by atomic mass is 9.84. The van der Waals surface area contributed by atoms with Crippen molar-refractivity contribution >= 4 is 23.2 Å². The SMILES string of the molecule is O=C(Cn1ccc(=O)[nH]c1=O)N1CCC2(CC1)Nc1ccccc1NC2=O. The van der Waals surface area contributed by atoms with Crippen LogP contribution < -0.4 is 21.9 Å². The van der Waals surface area contributed by atoms with Crippen LogP contribution in [-0.2, 0) is 16.1 Å². The number of para-hydroxylation sites is 2. The molecule has 1 aromatic heterocycles. The Kier molecular flexibility index (Phi) is 4.06. The molecular weight excluding hydrogens is 350 g/mol. The Labute approximate surface area is 154 Å². The van der Waals surface area contributed by atoms with Crippen LogP contribution in [0.5, 0.6) is 0 Å². The van der Waals surface area contributed by atoms with Crippen LogP contribution in [-0.4, -0.2) is 44.9 Å². The standard InChI is InChI=1S/C18H19N5O4/c24-14-5-8-23(17(27)20-14)11-15(25)22-9-6-18(7-10-22)16(26)19-12-3-1-2-4-13(12)21-18/h1-5,8,21H,6-7,9-11H2,(H,19,26)(H,20,24,27). The van der Waals surface area contributed by atoms with Gasteiger partial charge in [-0.25, -0.2) is 4.79 Å². The molecule has 0 aliphatic carbocycles. The highest BCUT2D eigenvalue weighted by molar-refractivity contribution is 6.06. The van der Waals surface area contributed by atoms with Gasteiger partial charge in [-0.1, -0.05) is 12.1 Å². The Morgan fingerprint density at radius 2 is 1.74 bits per heavy atom. The molecule has 2 aliphatic rings. The van der Waals surface area contributed by atoms with Crippen molar-refractivity contribution in [3.05, 3.63) is 57.4 Å². The van der Waals surface area contributed by atoms with Crippen molar-refractivity contribution in [1.29, 1.82) is 0 Å². The van der Waals surface area contributed by atoms with Crippen molar-refractivity contribution < 1.29 is 9.59 Å². The molecule has 3 N–H and O–H groups in total. The lowest BCUT2D eigenvalue weighted by molar-refractivity contribution is -0.135. The van der Waals surface area contributed by atoms with E-state index in [1.54, 1.807) is 4.90 Å². The zero-order valence-corrected chi connectivity index (χ0v) is 14.5. The minimum absolute atomic E-state index is 0.0925. The molecule has 2 aliphatic heterocycles. The van der Waals surface area contributed by atoms with E-state index in [9.17, 15) is 19.2 Å². The van der Waals surface area contributed by atoms with E-state index in [4.69, 9.17) is 0 Å². The number of carbonyl (C=O) groups excluding carboxylic acids is 2. The number of piperidine rings is 1. The zero-order chi connectivity index (χ0) is 19.0. The monoisotopic (exact) mass is 369 g/mol. The minimum Gasteiger partial charge on any atom is -0.369 e. The molecule has 9 nitrogen and oxygen atoms in total. The van der Waals surface area contributed by atoms with Crippen LogP contribution in [0.1, 0.15) is 12.8 Å². The molecule has 0 unspecified atom stereocenters. The lowest BCUT2D eigenvalue weighted by Crippen LogP contribution is -2.59. The lowest BCUT2D eigenvalue weighted by Gasteiger charge is -2.44. The number of amides is 2. The van der Waals surface area contributed by atoms with E-state index in [-0.39, 0.29) is 18.4 Å². The van der Waals surface area contributed by atoms with Gasteiger partial charge < -0.3 is 15.5 Å². The summed E-state index contributed by atoms with van der Waals surface area (Å²) in [5.41, 5.74) is -0.228. The molecule has 140 valence electrons. The van der Waals surface area contributed by atoms with Gasteiger partial charge in [0.15, 0.2) is 0 Å². The van der Waals surface area contributed by atoms with Gasteiger partial charge in [0, 0.05) is 25.4 Å². The molecule has 1 aromatic carbocycles. The summed E-state index contributed by atoms with van der Waals surface area (Å²) in [7, 11) is 0. The first kappa shape index (κ1) is 17.1. The first-order chi connectivity index (χ1) is 13.0. The van der Waals surface area contributed by atoms with Gasteiger partial charge in [0.1, 0.15) is 12.1 Å². The van der Waals surface area contributed by atoms with Crippen molar-refractivity contribution in [2.75, 3.05) is 23.7 Å². The first-order valence-electron chi connectivity index (χ1n) is 8.73. The number of H-pyrrole nitrogens is 1. The molecule has 0 saturated carbocycles. The van der Waals surface area contributed by atoms with Crippen molar-refractivity contribution in [3.63, 3.8) is 0 Å². The van der Waals surface area contributed by atoms with Crippen LogP contribution >= 0.6 is 0 Å². The van der Waals surface area contributed by atoms with Crippen LogP contribution in [0, 0.1) is 0 Å². The van der Waals surface area contributed by atoms with Crippen LogP contribution in [0.2, 0.25) is 0 Å². The third-order valence-corrected chi connectivity index (χ3v) is 5.16. The Hall–Kier alpha value is -3.36. The number of carbonyl (C=O) groups is 2. The molecule has 2 amide bonds. The highest BCUT2D eigenvalue weighted by Gasteiger charge is 2.44. The van der Waals surface area contributed by atoms with Gasteiger partial charge in [-0.05, 0) is 25.0 Å². The number of likely N-dealkylation sites (tertiary alicyclic amines) is 1. The van der Waals surface area contributed by atoms with Crippen LogP contribution in [0.15, 0.2) is 46.1 Å².